The van der Waals surface area contributed by atoms with E-state index < -0.39 is 5.72 Å². The van der Waals surface area contributed by atoms with Gasteiger partial charge in [-0.15, -0.1) is 0 Å². The van der Waals surface area contributed by atoms with Crippen LogP contribution in [0.15, 0.2) is 72.8 Å². The molecule has 150 valence electrons. The molecule has 3 aromatic rings. The van der Waals surface area contributed by atoms with Crippen molar-refractivity contribution >= 4 is 17.5 Å². The van der Waals surface area contributed by atoms with Crippen molar-refractivity contribution in [2.24, 2.45) is 0 Å². The van der Waals surface area contributed by atoms with E-state index in [0.717, 1.165) is 22.6 Å². The van der Waals surface area contributed by atoms with Gasteiger partial charge in [0.25, 0.3) is 0 Å². The number of hydrogen-bond donors (Lipinski definition) is 0. The number of carbonyl (C=O) groups is 1. The molecule has 0 N–H and O–H groups in total. The van der Waals surface area contributed by atoms with E-state index in [4.69, 9.17) is 4.74 Å². The number of aryl methyl sites for hydroxylation is 1. The molecule has 3 aromatic carbocycles. The Hall–Kier alpha value is -3.33. The normalized spacial score (nSPS) is 20.6. The third-order valence-corrected chi connectivity index (χ3v) is 6.64. The molecule has 5 rings (SSSR count). The quantitative estimate of drug-likeness (QED) is 0.517. The van der Waals surface area contributed by atoms with Gasteiger partial charge in [-0.3, -0.25) is 4.79 Å². The number of rotatable bonds is 2. The van der Waals surface area contributed by atoms with Crippen molar-refractivity contribution in [2.75, 3.05) is 11.9 Å². The molecule has 3 nitrogen and oxygen atoms in total. The molecular formula is C27H25NO2. The fraction of sp³-hybridized carbons (Fsp3) is 0.222. The van der Waals surface area contributed by atoms with E-state index in [1.807, 2.05) is 54.6 Å². The number of hydrogen-bond acceptors (Lipinski definition) is 3. The lowest BCUT2D eigenvalue weighted by atomic mass is 9.76. The Morgan fingerprint density at radius 2 is 1.70 bits per heavy atom. The van der Waals surface area contributed by atoms with Gasteiger partial charge in [-0.25, -0.2) is 0 Å². The number of fused-ring (bicyclic) bond motifs is 2. The van der Waals surface area contributed by atoms with Crippen molar-refractivity contribution in [1.29, 1.82) is 0 Å². The van der Waals surface area contributed by atoms with Crippen LogP contribution in [0.3, 0.4) is 0 Å². The number of anilines is 1. The van der Waals surface area contributed by atoms with E-state index in [1.54, 1.807) is 0 Å². The summed E-state index contributed by atoms with van der Waals surface area (Å²) in [5, 5.41) is 0. The van der Waals surface area contributed by atoms with Crippen LogP contribution in [-0.2, 0) is 5.41 Å². The van der Waals surface area contributed by atoms with Gasteiger partial charge < -0.3 is 9.64 Å². The molecule has 0 aliphatic carbocycles. The summed E-state index contributed by atoms with van der Waals surface area (Å²) in [6.45, 7) is 6.47. The van der Waals surface area contributed by atoms with Gasteiger partial charge in [0.1, 0.15) is 5.75 Å². The maximum Gasteiger partial charge on any atom is 0.211 e. The van der Waals surface area contributed by atoms with Crippen LogP contribution in [0.1, 0.15) is 46.5 Å². The topological polar surface area (TPSA) is 29.5 Å². The second kappa shape index (κ2) is 6.33. The van der Waals surface area contributed by atoms with Crippen molar-refractivity contribution in [2.45, 2.75) is 31.9 Å². The molecule has 0 fully saturated rings. The van der Waals surface area contributed by atoms with Crippen LogP contribution < -0.4 is 9.64 Å². The average molecular weight is 396 g/mol. The first-order valence-corrected chi connectivity index (χ1v) is 10.3. The fourth-order valence-corrected chi connectivity index (χ4v) is 4.83. The van der Waals surface area contributed by atoms with Crippen LogP contribution in [-0.4, -0.2) is 18.6 Å². The van der Waals surface area contributed by atoms with Gasteiger partial charge >= 0.3 is 0 Å². The summed E-state index contributed by atoms with van der Waals surface area (Å²) < 4.78 is 6.68. The van der Waals surface area contributed by atoms with Gasteiger partial charge in [-0.2, -0.15) is 0 Å². The van der Waals surface area contributed by atoms with Crippen molar-refractivity contribution < 1.29 is 9.53 Å². The molecule has 1 unspecified atom stereocenters. The predicted molar refractivity (Wildman–Crippen MR) is 121 cm³/mol. The van der Waals surface area contributed by atoms with Crippen molar-refractivity contribution in [3.8, 4) is 5.75 Å². The van der Waals surface area contributed by atoms with E-state index in [-0.39, 0.29) is 11.2 Å². The van der Waals surface area contributed by atoms with Crippen molar-refractivity contribution in [3.05, 3.63) is 101 Å². The zero-order valence-electron chi connectivity index (χ0n) is 17.8. The smallest absolute Gasteiger partial charge is 0.211 e. The fourth-order valence-electron chi connectivity index (χ4n) is 4.83. The number of likely N-dealkylation sites (N-methyl/N-ethyl adjacent to an activating group) is 1. The average Bonchev–Trinajstić information content (AvgIpc) is 2.92. The highest BCUT2D eigenvalue weighted by molar-refractivity contribution is 6.09. The molecule has 0 amide bonds. The third kappa shape index (κ3) is 2.48. The number of benzene rings is 3. The number of ether oxygens (including phenoxy) is 1. The lowest BCUT2D eigenvalue weighted by molar-refractivity contribution is 0.0581. The molecule has 0 aromatic heterocycles. The Kier molecular flexibility index (Phi) is 3.94. The summed E-state index contributed by atoms with van der Waals surface area (Å²) in [5.74, 6) is 0.926. The predicted octanol–water partition coefficient (Wildman–Crippen LogP) is 5.76. The second-order valence-corrected chi connectivity index (χ2v) is 8.78. The molecule has 30 heavy (non-hydrogen) atoms. The number of carbonyl (C=O) groups excluding carboxylic acids is 1. The lowest BCUT2D eigenvalue weighted by Gasteiger charge is -2.45. The SMILES string of the molecule is Cc1ccc2c(c1)C=CC1(O2)N(C)c2ccc(C(=O)c3ccccc3)cc2C1(C)C. The van der Waals surface area contributed by atoms with E-state index in [1.165, 1.54) is 5.56 Å². The number of ketones is 1. The molecule has 0 saturated heterocycles. The molecule has 2 aliphatic heterocycles. The van der Waals surface area contributed by atoms with Gasteiger partial charge in [-0.1, -0.05) is 42.0 Å². The molecule has 2 heterocycles. The molecule has 2 aliphatic rings. The van der Waals surface area contributed by atoms with E-state index in [0.29, 0.717) is 11.1 Å². The minimum absolute atomic E-state index is 0.0405. The summed E-state index contributed by atoms with van der Waals surface area (Å²) in [7, 11) is 2.07. The Balaban J connectivity index is 1.59. The monoisotopic (exact) mass is 395 g/mol. The zero-order valence-corrected chi connectivity index (χ0v) is 17.8. The molecular weight excluding hydrogens is 370 g/mol. The molecule has 3 heteroatoms. The van der Waals surface area contributed by atoms with Crippen molar-refractivity contribution in [3.63, 3.8) is 0 Å². The Labute approximate surface area is 177 Å². The van der Waals surface area contributed by atoms with Crippen LogP contribution in [0.25, 0.3) is 6.08 Å². The summed E-state index contributed by atoms with van der Waals surface area (Å²) in [5.41, 5.74) is 4.92. The van der Waals surface area contributed by atoms with Crippen LogP contribution in [0.5, 0.6) is 5.75 Å². The van der Waals surface area contributed by atoms with Crippen LogP contribution in [0.2, 0.25) is 0 Å². The summed E-state index contributed by atoms with van der Waals surface area (Å²) in [6.07, 6.45) is 4.32. The number of nitrogens with zero attached hydrogens (tertiary/aromatic N) is 1. The highest BCUT2D eigenvalue weighted by Gasteiger charge is 2.57. The Bertz CT molecular complexity index is 1190. The van der Waals surface area contributed by atoms with Crippen LogP contribution in [0, 0.1) is 6.92 Å². The Morgan fingerprint density at radius 1 is 0.933 bits per heavy atom. The van der Waals surface area contributed by atoms with Crippen LogP contribution in [0.4, 0.5) is 5.69 Å². The minimum Gasteiger partial charge on any atom is -0.463 e. The maximum absolute atomic E-state index is 13.0. The van der Waals surface area contributed by atoms with E-state index in [2.05, 4.69) is 57.0 Å². The zero-order chi connectivity index (χ0) is 21.1. The van der Waals surface area contributed by atoms with Crippen LogP contribution >= 0.6 is 0 Å². The van der Waals surface area contributed by atoms with Gasteiger partial charge in [0.2, 0.25) is 5.72 Å². The standard InChI is InChI=1S/C27H25NO2/c1-18-10-13-24-20(16-18)14-15-27(30-24)26(2,3)22-17-21(11-12-23(22)28(27)4)25(29)19-8-6-5-7-9-19/h5-17H,1-4H3. The first kappa shape index (κ1) is 18.7. The maximum atomic E-state index is 13.0. The second-order valence-electron chi connectivity index (χ2n) is 8.78. The van der Waals surface area contributed by atoms with Gasteiger partial charge in [0.15, 0.2) is 5.78 Å². The lowest BCUT2D eigenvalue weighted by Crippen LogP contribution is -2.58. The minimum atomic E-state index is -0.647. The highest BCUT2D eigenvalue weighted by atomic mass is 16.5. The van der Waals surface area contributed by atoms with E-state index >= 15 is 0 Å². The molecule has 1 atom stereocenters. The van der Waals surface area contributed by atoms with Crippen molar-refractivity contribution in [1.82, 2.24) is 0 Å². The highest BCUT2D eigenvalue weighted by Crippen LogP contribution is 2.54. The first-order chi connectivity index (χ1) is 14.3. The summed E-state index contributed by atoms with van der Waals surface area (Å²) >= 11 is 0. The molecule has 0 bridgehead atoms. The first-order valence-electron chi connectivity index (χ1n) is 10.3. The molecule has 0 saturated carbocycles. The van der Waals surface area contributed by atoms with Gasteiger partial charge in [0, 0.05) is 29.4 Å². The molecule has 1 spiro atoms. The Morgan fingerprint density at radius 3 is 2.47 bits per heavy atom. The largest absolute Gasteiger partial charge is 0.463 e. The van der Waals surface area contributed by atoms with Gasteiger partial charge in [0.05, 0.1) is 5.41 Å². The summed E-state index contributed by atoms with van der Waals surface area (Å²) in [6, 6.07) is 21.7. The van der Waals surface area contributed by atoms with Gasteiger partial charge in [-0.05, 0) is 68.8 Å². The molecule has 0 radical (unpaired) electrons. The summed E-state index contributed by atoms with van der Waals surface area (Å²) in [4.78, 5) is 15.2. The third-order valence-electron chi connectivity index (χ3n) is 6.64. The van der Waals surface area contributed by atoms with E-state index in [9.17, 15) is 4.79 Å².